The highest BCUT2D eigenvalue weighted by Crippen LogP contribution is 2.22. The van der Waals surface area contributed by atoms with Crippen molar-refractivity contribution in [2.75, 3.05) is 33.9 Å². The SMILES string of the molecule is O=C(Nc1ccc(Cl)cc1)Nc1ccc(Nc2nc(C=Cc3cccc([N+](=O)[O-])c3)nc(N3CCCC3)n2)cc1. The van der Waals surface area contributed by atoms with Crippen molar-refractivity contribution in [2.24, 2.45) is 0 Å². The molecule has 12 heteroatoms. The van der Waals surface area contributed by atoms with Gasteiger partial charge in [0.2, 0.25) is 11.9 Å². The first kappa shape index (κ1) is 26.6. The number of urea groups is 1. The highest BCUT2D eigenvalue weighted by molar-refractivity contribution is 6.30. The summed E-state index contributed by atoms with van der Waals surface area (Å²) >= 11 is 5.88. The number of benzene rings is 3. The summed E-state index contributed by atoms with van der Waals surface area (Å²) in [5.74, 6) is 1.34. The number of amides is 2. The van der Waals surface area contributed by atoms with Crippen molar-refractivity contribution in [3.63, 3.8) is 0 Å². The van der Waals surface area contributed by atoms with Crippen LogP contribution >= 0.6 is 11.6 Å². The summed E-state index contributed by atoms with van der Waals surface area (Å²) in [6, 6.07) is 19.9. The van der Waals surface area contributed by atoms with Crippen LogP contribution in [0.15, 0.2) is 72.8 Å². The quantitative estimate of drug-likeness (QED) is 0.163. The lowest BCUT2D eigenvalue weighted by Gasteiger charge is -2.16. The fraction of sp³-hybridized carbons (Fsp3) is 0.143. The van der Waals surface area contributed by atoms with E-state index in [1.54, 1.807) is 72.8 Å². The van der Waals surface area contributed by atoms with Crippen molar-refractivity contribution in [1.29, 1.82) is 0 Å². The maximum Gasteiger partial charge on any atom is 0.323 e. The van der Waals surface area contributed by atoms with E-state index in [1.807, 2.05) is 0 Å². The molecule has 0 atom stereocenters. The van der Waals surface area contributed by atoms with E-state index in [0.29, 0.717) is 39.7 Å². The molecular weight excluding hydrogens is 532 g/mol. The third-order valence-corrected chi connectivity index (χ3v) is 6.29. The van der Waals surface area contributed by atoms with Crippen molar-refractivity contribution < 1.29 is 9.72 Å². The number of carbonyl (C=O) groups is 1. The smallest absolute Gasteiger partial charge is 0.323 e. The van der Waals surface area contributed by atoms with E-state index in [0.717, 1.165) is 31.6 Å². The van der Waals surface area contributed by atoms with E-state index in [9.17, 15) is 14.9 Å². The van der Waals surface area contributed by atoms with Crippen molar-refractivity contribution in [3.05, 3.63) is 99.3 Å². The highest BCUT2D eigenvalue weighted by atomic mass is 35.5. The minimum atomic E-state index is -0.430. The Hall–Kier alpha value is -5.03. The van der Waals surface area contributed by atoms with Gasteiger partial charge in [0, 0.05) is 47.3 Å². The topological polar surface area (TPSA) is 138 Å². The van der Waals surface area contributed by atoms with Crippen molar-refractivity contribution in [3.8, 4) is 0 Å². The lowest BCUT2D eigenvalue weighted by molar-refractivity contribution is -0.384. The van der Waals surface area contributed by atoms with E-state index in [2.05, 4.69) is 35.8 Å². The van der Waals surface area contributed by atoms with Crippen LogP contribution < -0.4 is 20.9 Å². The number of nitro benzene ring substituents is 1. The average molecular weight is 557 g/mol. The fourth-order valence-corrected chi connectivity index (χ4v) is 4.20. The van der Waals surface area contributed by atoms with Gasteiger partial charge in [0.1, 0.15) is 0 Å². The van der Waals surface area contributed by atoms with Gasteiger partial charge < -0.3 is 20.9 Å². The summed E-state index contributed by atoms with van der Waals surface area (Å²) in [7, 11) is 0. The predicted octanol–water partition coefficient (Wildman–Crippen LogP) is 6.59. The van der Waals surface area contributed by atoms with Crippen LogP contribution in [0.4, 0.5) is 39.4 Å². The maximum absolute atomic E-state index is 12.3. The molecule has 0 spiro atoms. The molecule has 3 aromatic carbocycles. The average Bonchev–Trinajstić information content (AvgIpc) is 3.50. The third-order valence-electron chi connectivity index (χ3n) is 6.04. The molecule has 5 rings (SSSR count). The predicted molar refractivity (Wildman–Crippen MR) is 157 cm³/mol. The molecule has 0 saturated carbocycles. The number of anilines is 5. The molecule has 1 aliphatic heterocycles. The van der Waals surface area contributed by atoms with Gasteiger partial charge in [-0.1, -0.05) is 29.8 Å². The Bertz CT molecular complexity index is 1540. The van der Waals surface area contributed by atoms with Crippen LogP contribution in [0.2, 0.25) is 5.02 Å². The number of carbonyl (C=O) groups excluding carboxylic acids is 1. The normalized spacial score (nSPS) is 12.9. The van der Waals surface area contributed by atoms with E-state index >= 15 is 0 Å². The standard InChI is InChI=1S/C28H25ClN8O3/c29-20-7-9-22(10-8-20)31-28(38)32-23-13-11-21(12-14-23)30-26-33-25(34-27(35-26)36-16-1-2-17-36)15-6-19-4-3-5-24(18-19)37(39)40/h3-15,18H,1-2,16-17H2,(H2,31,32,38)(H,30,33,34,35). The van der Waals surface area contributed by atoms with E-state index in [4.69, 9.17) is 11.6 Å². The zero-order valence-corrected chi connectivity index (χ0v) is 22.0. The fourth-order valence-electron chi connectivity index (χ4n) is 4.08. The number of rotatable bonds is 8. The first-order valence-corrected chi connectivity index (χ1v) is 12.9. The molecule has 0 aliphatic carbocycles. The van der Waals surface area contributed by atoms with E-state index in [-0.39, 0.29) is 11.7 Å². The van der Waals surface area contributed by atoms with Crippen molar-refractivity contribution in [1.82, 2.24) is 15.0 Å². The first-order chi connectivity index (χ1) is 19.4. The second-order valence-corrected chi connectivity index (χ2v) is 9.42. The summed E-state index contributed by atoms with van der Waals surface area (Å²) in [5, 5.41) is 20.4. The molecule has 4 aromatic rings. The van der Waals surface area contributed by atoms with Crippen molar-refractivity contribution >= 4 is 64.4 Å². The van der Waals surface area contributed by atoms with Gasteiger partial charge in [0.15, 0.2) is 5.82 Å². The van der Waals surface area contributed by atoms with Crippen LogP contribution in [0.3, 0.4) is 0 Å². The summed E-state index contributed by atoms with van der Waals surface area (Å²) in [4.78, 5) is 38.8. The van der Waals surface area contributed by atoms with Gasteiger partial charge in [-0.15, -0.1) is 0 Å². The maximum atomic E-state index is 12.3. The van der Waals surface area contributed by atoms with Crippen LogP contribution in [0.25, 0.3) is 12.2 Å². The third kappa shape index (κ3) is 7.08. The monoisotopic (exact) mass is 556 g/mol. The molecule has 1 aliphatic rings. The Morgan fingerprint density at radius 3 is 2.20 bits per heavy atom. The zero-order chi connectivity index (χ0) is 27.9. The van der Waals surface area contributed by atoms with E-state index in [1.165, 1.54) is 12.1 Å². The largest absolute Gasteiger partial charge is 0.341 e. The molecule has 1 fully saturated rings. The Kier molecular flexibility index (Phi) is 8.12. The second kappa shape index (κ2) is 12.2. The molecular formula is C28H25ClN8O3. The summed E-state index contributed by atoms with van der Waals surface area (Å²) in [6.07, 6.45) is 5.56. The molecule has 40 heavy (non-hydrogen) atoms. The van der Waals surface area contributed by atoms with Crippen LogP contribution in [-0.4, -0.2) is 39.0 Å². The van der Waals surface area contributed by atoms with Gasteiger partial charge in [0.05, 0.1) is 4.92 Å². The molecule has 1 saturated heterocycles. The molecule has 2 amide bonds. The molecule has 11 nitrogen and oxygen atoms in total. The Morgan fingerprint density at radius 2 is 1.52 bits per heavy atom. The second-order valence-electron chi connectivity index (χ2n) is 8.99. The number of halogens is 1. The van der Waals surface area contributed by atoms with Gasteiger partial charge >= 0.3 is 6.03 Å². The van der Waals surface area contributed by atoms with Gasteiger partial charge in [-0.3, -0.25) is 10.1 Å². The minimum absolute atomic E-state index is 0.0123. The van der Waals surface area contributed by atoms with Gasteiger partial charge in [-0.2, -0.15) is 15.0 Å². The van der Waals surface area contributed by atoms with Crippen LogP contribution in [0, 0.1) is 10.1 Å². The lowest BCUT2D eigenvalue weighted by atomic mass is 10.2. The number of aromatic nitrogens is 3. The molecule has 0 bridgehead atoms. The number of hydrogen-bond acceptors (Lipinski definition) is 8. The zero-order valence-electron chi connectivity index (χ0n) is 21.3. The summed E-state index contributed by atoms with van der Waals surface area (Å²) in [6.45, 7) is 1.71. The molecule has 0 radical (unpaired) electrons. The number of non-ortho nitro benzene ring substituents is 1. The van der Waals surface area contributed by atoms with Gasteiger partial charge in [-0.05, 0) is 73.0 Å². The molecule has 202 valence electrons. The van der Waals surface area contributed by atoms with E-state index < -0.39 is 4.92 Å². The van der Waals surface area contributed by atoms with Crippen LogP contribution in [0.1, 0.15) is 24.2 Å². The Balaban J connectivity index is 1.30. The van der Waals surface area contributed by atoms with Crippen LogP contribution in [-0.2, 0) is 0 Å². The molecule has 2 heterocycles. The Morgan fingerprint density at radius 1 is 0.875 bits per heavy atom. The molecule has 3 N–H and O–H groups in total. The molecule has 0 unspecified atom stereocenters. The number of nitro groups is 1. The summed E-state index contributed by atoms with van der Waals surface area (Å²) in [5.41, 5.74) is 2.62. The molecule has 1 aromatic heterocycles. The minimum Gasteiger partial charge on any atom is -0.341 e. The summed E-state index contributed by atoms with van der Waals surface area (Å²) < 4.78 is 0. The highest BCUT2D eigenvalue weighted by Gasteiger charge is 2.17. The number of hydrogen-bond donors (Lipinski definition) is 3. The first-order valence-electron chi connectivity index (χ1n) is 12.6. The van der Waals surface area contributed by atoms with Crippen molar-refractivity contribution in [2.45, 2.75) is 12.8 Å². The van der Waals surface area contributed by atoms with Gasteiger partial charge in [-0.25, -0.2) is 4.79 Å². The lowest BCUT2D eigenvalue weighted by Crippen LogP contribution is -2.21. The van der Waals surface area contributed by atoms with Crippen LogP contribution in [0.5, 0.6) is 0 Å². The number of nitrogens with zero attached hydrogens (tertiary/aromatic N) is 5. The number of nitrogens with one attached hydrogen (secondary N) is 3. The Labute approximate surface area is 235 Å². The van der Waals surface area contributed by atoms with Gasteiger partial charge in [0.25, 0.3) is 5.69 Å².